The summed E-state index contributed by atoms with van der Waals surface area (Å²) in [5.41, 5.74) is 1.33. The minimum atomic E-state index is -0.491. The number of non-ortho nitro benzene ring substituents is 1. The second kappa shape index (κ2) is 9.29. The van der Waals surface area contributed by atoms with Gasteiger partial charge < -0.3 is 10.6 Å². The molecule has 0 spiro atoms. The molecule has 0 radical (unpaired) electrons. The maximum absolute atomic E-state index is 12.7. The molecule has 0 heterocycles. The summed E-state index contributed by atoms with van der Waals surface area (Å²) in [5.74, 6) is -0.211. The number of amides is 1. The van der Waals surface area contributed by atoms with Crippen molar-refractivity contribution in [2.45, 2.75) is 25.8 Å². The van der Waals surface area contributed by atoms with E-state index in [0.29, 0.717) is 10.2 Å². The Bertz CT molecular complexity index is 738. The predicted molar refractivity (Wildman–Crippen MR) is 102 cm³/mol. The Hall–Kier alpha value is -2.25. The van der Waals surface area contributed by atoms with Gasteiger partial charge in [-0.3, -0.25) is 14.9 Å². The highest BCUT2D eigenvalue weighted by molar-refractivity contribution is 9.10. The zero-order valence-electron chi connectivity index (χ0n) is 13.9. The number of nitro groups is 1. The van der Waals surface area contributed by atoms with Gasteiger partial charge in [-0.15, -0.1) is 0 Å². The van der Waals surface area contributed by atoms with E-state index in [9.17, 15) is 14.9 Å². The number of carbonyl (C=O) groups is 1. The molecule has 7 heteroatoms. The first-order valence-corrected chi connectivity index (χ1v) is 8.85. The molecule has 0 aliphatic heterocycles. The third-order valence-electron chi connectivity index (χ3n) is 3.70. The van der Waals surface area contributed by atoms with Crippen molar-refractivity contribution in [1.82, 2.24) is 5.32 Å². The summed E-state index contributed by atoms with van der Waals surface area (Å²) in [5, 5.41) is 16.9. The number of nitro benzene ring substituents is 1. The van der Waals surface area contributed by atoms with Crippen molar-refractivity contribution < 1.29 is 9.72 Å². The van der Waals surface area contributed by atoms with Gasteiger partial charge >= 0.3 is 0 Å². The minimum absolute atomic E-state index is 0.0365. The van der Waals surface area contributed by atoms with Crippen molar-refractivity contribution in [2.24, 2.45) is 0 Å². The molecule has 1 atom stereocenters. The molecule has 0 aliphatic rings. The van der Waals surface area contributed by atoms with Gasteiger partial charge in [0.2, 0.25) is 5.91 Å². The molecule has 0 unspecified atom stereocenters. The molecule has 0 bridgehead atoms. The summed E-state index contributed by atoms with van der Waals surface area (Å²) >= 11 is 3.27. The molecule has 2 aromatic carbocycles. The van der Waals surface area contributed by atoms with E-state index < -0.39 is 11.0 Å². The van der Waals surface area contributed by atoms with Crippen molar-refractivity contribution in [3.63, 3.8) is 0 Å². The average Bonchev–Trinajstić information content (AvgIpc) is 2.61. The van der Waals surface area contributed by atoms with E-state index >= 15 is 0 Å². The van der Waals surface area contributed by atoms with Crippen LogP contribution in [0.3, 0.4) is 0 Å². The molecule has 0 saturated carbocycles. The van der Waals surface area contributed by atoms with Crippen LogP contribution < -0.4 is 10.6 Å². The van der Waals surface area contributed by atoms with Gasteiger partial charge in [-0.25, -0.2) is 0 Å². The van der Waals surface area contributed by atoms with Gasteiger partial charge in [0.15, 0.2) is 0 Å². The first-order valence-electron chi connectivity index (χ1n) is 8.06. The highest BCUT2D eigenvalue weighted by atomic mass is 79.9. The molecular weight excluding hydrogens is 386 g/mol. The van der Waals surface area contributed by atoms with Crippen LogP contribution in [-0.4, -0.2) is 17.4 Å². The topological polar surface area (TPSA) is 84.3 Å². The Balaban J connectivity index is 2.17. The summed E-state index contributed by atoms with van der Waals surface area (Å²) in [6.07, 6.45) is 2.00. The van der Waals surface area contributed by atoms with Crippen molar-refractivity contribution in [2.75, 3.05) is 11.9 Å². The summed E-state index contributed by atoms with van der Waals surface area (Å²) < 4.78 is 0.468. The molecular formula is C18H20BrN3O3. The summed E-state index contributed by atoms with van der Waals surface area (Å²) in [6.45, 7) is 2.82. The highest BCUT2D eigenvalue weighted by Crippen LogP contribution is 2.28. The van der Waals surface area contributed by atoms with Gasteiger partial charge in [-0.05, 0) is 40.5 Å². The van der Waals surface area contributed by atoms with E-state index in [1.807, 2.05) is 30.3 Å². The second-order valence-electron chi connectivity index (χ2n) is 5.56. The molecule has 2 rings (SSSR count). The van der Waals surface area contributed by atoms with E-state index in [0.717, 1.165) is 24.9 Å². The Labute approximate surface area is 154 Å². The average molecular weight is 406 g/mol. The fourth-order valence-corrected chi connectivity index (χ4v) is 2.82. The summed E-state index contributed by atoms with van der Waals surface area (Å²) in [6, 6.07) is 13.2. The molecule has 2 N–H and O–H groups in total. The maximum Gasteiger partial charge on any atom is 0.270 e. The fourth-order valence-electron chi connectivity index (χ4n) is 2.35. The van der Waals surface area contributed by atoms with Crippen LogP contribution in [-0.2, 0) is 4.79 Å². The molecule has 0 fully saturated rings. The van der Waals surface area contributed by atoms with Crippen molar-refractivity contribution in [3.05, 3.63) is 68.7 Å². The number of nitrogens with zero attached hydrogens (tertiary/aromatic N) is 1. The van der Waals surface area contributed by atoms with Crippen LogP contribution in [0.15, 0.2) is 53.0 Å². The first kappa shape index (κ1) is 19.1. The molecule has 6 nitrogen and oxygen atoms in total. The molecule has 0 aliphatic carbocycles. The molecule has 1 amide bonds. The van der Waals surface area contributed by atoms with E-state index in [2.05, 4.69) is 33.5 Å². The van der Waals surface area contributed by atoms with Gasteiger partial charge in [-0.2, -0.15) is 0 Å². The molecule has 0 aromatic heterocycles. The van der Waals surface area contributed by atoms with Gasteiger partial charge in [0.05, 0.1) is 10.6 Å². The quantitative estimate of drug-likeness (QED) is 0.386. The first-order chi connectivity index (χ1) is 12.0. The van der Waals surface area contributed by atoms with E-state index in [-0.39, 0.29) is 11.6 Å². The lowest BCUT2D eigenvalue weighted by molar-refractivity contribution is -0.384. The third kappa shape index (κ3) is 5.37. The number of hydrogen-bond donors (Lipinski definition) is 2. The van der Waals surface area contributed by atoms with Crippen LogP contribution in [0.2, 0.25) is 0 Å². The molecule has 132 valence electrons. The van der Waals surface area contributed by atoms with Crippen LogP contribution in [0.1, 0.15) is 31.4 Å². The Morgan fingerprint density at radius 3 is 2.56 bits per heavy atom. The zero-order chi connectivity index (χ0) is 18.2. The lowest BCUT2D eigenvalue weighted by Gasteiger charge is -2.19. The number of carbonyl (C=O) groups excluding carboxylic acids is 1. The number of nitrogens with one attached hydrogen (secondary N) is 2. The fraction of sp³-hybridized carbons (Fsp3) is 0.278. The number of hydrogen-bond acceptors (Lipinski definition) is 4. The number of anilines is 1. The zero-order valence-corrected chi connectivity index (χ0v) is 15.5. The molecule has 0 saturated heterocycles. The summed E-state index contributed by atoms with van der Waals surface area (Å²) in [7, 11) is 0. The van der Waals surface area contributed by atoms with Crippen molar-refractivity contribution in [3.8, 4) is 0 Å². The van der Waals surface area contributed by atoms with E-state index in [1.54, 1.807) is 0 Å². The van der Waals surface area contributed by atoms with Gasteiger partial charge in [0.1, 0.15) is 6.04 Å². The van der Waals surface area contributed by atoms with Crippen LogP contribution in [0.5, 0.6) is 0 Å². The second-order valence-corrected chi connectivity index (χ2v) is 6.42. The maximum atomic E-state index is 12.7. The molecule has 25 heavy (non-hydrogen) atoms. The number of unbranched alkanes of at least 4 members (excludes halogenated alkanes) is 1. The Morgan fingerprint density at radius 2 is 1.96 bits per heavy atom. The number of rotatable bonds is 8. The normalized spacial score (nSPS) is 11.8. The van der Waals surface area contributed by atoms with E-state index in [4.69, 9.17) is 0 Å². The van der Waals surface area contributed by atoms with Gasteiger partial charge in [0.25, 0.3) is 5.69 Å². The largest absolute Gasteiger partial charge is 0.323 e. The monoisotopic (exact) mass is 405 g/mol. The van der Waals surface area contributed by atoms with Gasteiger partial charge in [0, 0.05) is 16.6 Å². The van der Waals surface area contributed by atoms with Crippen LogP contribution >= 0.6 is 15.9 Å². The summed E-state index contributed by atoms with van der Waals surface area (Å²) in [4.78, 5) is 23.1. The van der Waals surface area contributed by atoms with Crippen LogP contribution in [0, 0.1) is 10.1 Å². The van der Waals surface area contributed by atoms with E-state index in [1.165, 1.54) is 18.2 Å². The Morgan fingerprint density at radius 1 is 1.24 bits per heavy atom. The van der Waals surface area contributed by atoms with Crippen molar-refractivity contribution >= 4 is 33.2 Å². The lowest BCUT2D eigenvalue weighted by Crippen LogP contribution is -2.33. The highest BCUT2D eigenvalue weighted by Gasteiger charge is 2.21. The SMILES string of the molecule is CCCCN[C@@H](C(=O)Nc1ccc([N+](=O)[O-])cc1Br)c1ccccc1. The standard InChI is InChI=1S/C18H20BrN3O3/c1-2-3-11-20-17(13-7-5-4-6-8-13)18(23)21-16-10-9-14(22(24)25)12-15(16)19/h4-10,12,17,20H,2-3,11H2,1H3,(H,21,23)/t17-/m1/s1. The smallest absolute Gasteiger partial charge is 0.270 e. The van der Waals surface area contributed by atoms with Crippen LogP contribution in [0.4, 0.5) is 11.4 Å². The lowest BCUT2D eigenvalue weighted by atomic mass is 10.1. The number of benzene rings is 2. The molecule has 2 aromatic rings. The van der Waals surface area contributed by atoms with Gasteiger partial charge in [-0.1, -0.05) is 43.7 Å². The Kier molecular flexibility index (Phi) is 7.09. The number of halogens is 1. The predicted octanol–water partition coefficient (Wildman–Crippen LogP) is 4.43. The van der Waals surface area contributed by atoms with Crippen molar-refractivity contribution in [1.29, 1.82) is 0 Å². The van der Waals surface area contributed by atoms with Crippen LogP contribution in [0.25, 0.3) is 0 Å². The minimum Gasteiger partial charge on any atom is -0.323 e. The third-order valence-corrected chi connectivity index (χ3v) is 4.35.